The van der Waals surface area contributed by atoms with Crippen LogP contribution < -0.4 is 10.6 Å². The second-order valence-corrected chi connectivity index (χ2v) is 9.89. The van der Waals surface area contributed by atoms with E-state index in [9.17, 15) is 13.6 Å². The highest BCUT2D eigenvalue weighted by molar-refractivity contribution is 5.83. The Balaban J connectivity index is 1.44. The van der Waals surface area contributed by atoms with Crippen molar-refractivity contribution < 1.29 is 23.0 Å². The van der Waals surface area contributed by atoms with E-state index in [4.69, 9.17) is 14.5 Å². The average Bonchev–Trinajstić information content (AvgIpc) is 3.36. The van der Waals surface area contributed by atoms with E-state index in [-0.39, 0.29) is 42.7 Å². The van der Waals surface area contributed by atoms with Gasteiger partial charge >= 0.3 is 0 Å². The number of H-pyrrole nitrogens is 1. The van der Waals surface area contributed by atoms with Crippen LogP contribution in [0.1, 0.15) is 32.9 Å². The fourth-order valence-electron chi connectivity index (χ4n) is 4.06. The van der Waals surface area contributed by atoms with Gasteiger partial charge in [0.2, 0.25) is 18.1 Å². The first-order chi connectivity index (χ1) is 18.7. The molecule has 0 radical (unpaired) electrons. The highest BCUT2D eigenvalue weighted by atomic mass is 19.1. The molecule has 9 nitrogen and oxygen atoms in total. The van der Waals surface area contributed by atoms with Crippen molar-refractivity contribution in [3.63, 3.8) is 0 Å². The maximum Gasteiger partial charge on any atom is 0.230 e. The maximum atomic E-state index is 13.7. The zero-order valence-corrected chi connectivity index (χ0v) is 21.7. The van der Waals surface area contributed by atoms with Crippen molar-refractivity contribution in [2.24, 2.45) is 5.41 Å². The van der Waals surface area contributed by atoms with Gasteiger partial charge < -0.3 is 25.1 Å². The highest BCUT2D eigenvalue weighted by Gasteiger charge is 2.41. The Morgan fingerprint density at radius 1 is 1.00 bits per heavy atom. The van der Waals surface area contributed by atoms with Crippen molar-refractivity contribution in [3.8, 4) is 22.6 Å². The quantitative estimate of drug-likeness (QED) is 0.301. The lowest BCUT2D eigenvalue weighted by Gasteiger charge is -2.35. The largest absolute Gasteiger partial charge is 0.353 e. The molecule has 3 heterocycles. The molecule has 2 aromatic carbocycles. The number of amides is 1. The van der Waals surface area contributed by atoms with Gasteiger partial charge in [0, 0.05) is 23.5 Å². The molecule has 202 valence electrons. The number of imidazole rings is 1. The molecule has 3 N–H and O–H groups in total. The Bertz CT molecular complexity index is 1450. The molecule has 0 bridgehead atoms. The second-order valence-electron chi connectivity index (χ2n) is 9.89. The lowest BCUT2D eigenvalue weighted by atomic mass is 9.90. The SMILES string of the molecule is CC(C)NC(=O)C1(C)COC(c2nc(-c3ccc(F)cc3)c(-c3ccnc(Nc4ccc(F)cc4)n3)[nH]2)OC1. The summed E-state index contributed by atoms with van der Waals surface area (Å²) < 4.78 is 38.8. The minimum Gasteiger partial charge on any atom is -0.353 e. The molecule has 0 atom stereocenters. The fraction of sp³-hybridized carbons (Fsp3) is 0.286. The first-order valence-corrected chi connectivity index (χ1v) is 12.5. The molecule has 0 spiro atoms. The number of carbonyl (C=O) groups is 1. The molecule has 0 unspecified atom stereocenters. The second kappa shape index (κ2) is 10.9. The first kappa shape index (κ1) is 26.4. The van der Waals surface area contributed by atoms with Crippen LogP contribution >= 0.6 is 0 Å². The van der Waals surface area contributed by atoms with Gasteiger partial charge in [0.15, 0.2) is 5.82 Å². The van der Waals surface area contributed by atoms with Crippen molar-refractivity contribution >= 4 is 17.5 Å². The van der Waals surface area contributed by atoms with Crippen LogP contribution in [0.25, 0.3) is 22.6 Å². The summed E-state index contributed by atoms with van der Waals surface area (Å²) in [6.07, 6.45) is 0.728. The zero-order valence-electron chi connectivity index (χ0n) is 21.7. The van der Waals surface area contributed by atoms with Crippen LogP contribution in [0.5, 0.6) is 0 Å². The molecule has 39 heavy (non-hydrogen) atoms. The Morgan fingerprint density at radius 2 is 1.64 bits per heavy atom. The number of benzene rings is 2. The van der Waals surface area contributed by atoms with Crippen LogP contribution in [-0.4, -0.2) is 45.1 Å². The van der Waals surface area contributed by atoms with Crippen LogP contribution in [0.2, 0.25) is 0 Å². The minimum atomic E-state index is -0.850. The third-order valence-electron chi connectivity index (χ3n) is 6.15. The minimum absolute atomic E-state index is 0.00625. The normalized spacial score (nSPS) is 19.2. The number of rotatable bonds is 7. The van der Waals surface area contributed by atoms with Gasteiger partial charge in [0.25, 0.3) is 0 Å². The van der Waals surface area contributed by atoms with E-state index < -0.39 is 11.7 Å². The number of carbonyl (C=O) groups excluding carboxylic acids is 1. The molecular formula is C28H28F2N6O3. The Morgan fingerprint density at radius 3 is 2.28 bits per heavy atom. The lowest BCUT2D eigenvalue weighted by Crippen LogP contribution is -2.50. The van der Waals surface area contributed by atoms with E-state index >= 15 is 0 Å². The molecule has 1 aliphatic rings. The summed E-state index contributed by atoms with van der Waals surface area (Å²) in [5.74, 6) is -0.205. The Hall–Kier alpha value is -4.22. The standard InChI is InChI=1S/C28H28F2N6O3/c1-16(2)32-26(37)28(3)14-38-25(39-15-28)24-35-22(17-4-6-18(29)7-5-17)23(36-24)21-12-13-31-27(34-21)33-20-10-8-19(30)9-11-20/h4-13,16,25H,14-15H2,1-3H3,(H,32,37)(H,35,36)(H,31,33,34). The van der Waals surface area contributed by atoms with E-state index in [1.165, 1.54) is 24.3 Å². The summed E-state index contributed by atoms with van der Waals surface area (Å²) >= 11 is 0. The summed E-state index contributed by atoms with van der Waals surface area (Å²) in [5.41, 5.74) is 1.98. The molecule has 0 aliphatic carbocycles. The van der Waals surface area contributed by atoms with Gasteiger partial charge in [-0.1, -0.05) is 0 Å². The summed E-state index contributed by atoms with van der Waals surface area (Å²) in [7, 11) is 0. The number of hydrogen-bond acceptors (Lipinski definition) is 7. The lowest BCUT2D eigenvalue weighted by molar-refractivity contribution is -0.231. The van der Waals surface area contributed by atoms with Gasteiger partial charge in [-0.2, -0.15) is 0 Å². The number of aromatic nitrogens is 4. The molecule has 11 heteroatoms. The maximum absolute atomic E-state index is 13.7. The van der Waals surface area contributed by atoms with Crippen LogP contribution in [-0.2, 0) is 14.3 Å². The van der Waals surface area contributed by atoms with Gasteiger partial charge in [-0.3, -0.25) is 4.79 Å². The predicted octanol–water partition coefficient (Wildman–Crippen LogP) is 5.13. The molecular weight excluding hydrogens is 506 g/mol. The number of hydrogen-bond donors (Lipinski definition) is 3. The molecule has 2 aromatic heterocycles. The summed E-state index contributed by atoms with van der Waals surface area (Å²) in [6, 6.07) is 13.5. The third kappa shape index (κ3) is 5.94. The van der Waals surface area contributed by atoms with Crippen LogP contribution in [0.4, 0.5) is 20.4 Å². The smallest absolute Gasteiger partial charge is 0.230 e. The van der Waals surface area contributed by atoms with Crippen molar-refractivity contribution in [1.82, 2.24) is 25.3 Å². The average molecular weight is 535 g/mol. The number of ether oxygens (including phenoxy) is 2. The summed E-state index contributed by atoms with van der Waals surface area (Å²) in [4.78, 5) is 29.5. The van der Waals surface area contributed by atoms with Crippen LogP contribution in [0, 0.1) is 17.0 Å². The van der Waals surface area contributed by atoms with Gasteiger partial charge in [-0.15, -0.1) is 0 Å². The monoisotopic (exact) mass is 534 g/mol. The molecule has 4 aromatic rings. The van der Waals surface area contributed by atoms with Gasteiger partial charge in [0.05, 0.1) is 35.7 Å². The number of nitrogens with zero attached hydrogens (tertiary/aromatic N) is 3. The van der Waals surface area contributed by atoms with Crippen molar-refractivity contribution in [2.45, 2.75) is 33.1 Å². The van der Waals surface area contributed by atoms with Crippen LogP contribution in [0.15, 0.2) is 60.8 Å². The summed E-state index contributed by atoms with van der Waals surface area (Å²) in [6.45, 7) is 5.84. The topological polar surface area (TPSA) is 114 Å². The van der Waals surface area contributed by atoms with Crippen molar-refractivity contribution in [2.75, 3.05) is 18.5 Å². The summed E-state index contributed by atoms with van der Waals surface area (Å²) in [5, 5.41) is 5.95. The first-order valence-electron chi connectivity index (χ1n) is 12.5. The number of aromatic amines is 1. The molecule has 1 saturated heterocycles. The Kier molecular flexibility index (Phi) is 7.36. The van der Waals surface area contributed by atoms with E-state index in [2.05, 4.69) is 25.6 Å². The number of nitrogens with one attached hydrogen (secondary N) is 3. The molecule has 5 rings (SSSR count). The molecule has 1 aliphatic heterocycles. The predicted molar refractivity (Wildman–Crippen MR) is 141 cm³/mol. The van der Waals surface area contributed by atoms with Gasteiger partial charge in [-0.05, 0) is 75.4 Å². The van der Waals surface area contributed by atoms with E-state index in [0.717, 1.165) is 0 Å². The zero-order chi connectivity index (χ0) is 27.6. The highest BCUT2D eigenvalue weighted by Crippen LogP contribution is 2.35. The van der Waals surface area contributed by atoms with Crippen LogP contribution in [0.3, 0.4) is 0 Å². The van der Waals surface area contributed by atoms with E-state index in [1.54, 1.807) is 43.5 Å². The third-order valence-corrected chi connectivity index (χ3v) is 6.15. The van der Waals surface area contributed by atoms with Crippen molar-refractivity contribution in [1.29, 1.82) is 0 Å². The van der Waals surface area contributed by atoms with Gasteiger partial charge in [-0.25, -0.2) is 23.7 Å². The molecule has 1 fully saturated rings. The molecule has 0 saturated carbocycles. The van der Waals surface area contributed by atoms with E-state index in [0.29, 0.717) is 34.2 Å². The molecule has 1 amide bonds. The van der Waals surface area contributed by atoms with Crippen molar-refractivity contribution in [3.05, 3.63) is 78.3 Å². The van der Waals surface area contributed by atoms with E-state index in [1.807, 2.05) is 13.8 Å². The Labute approximate surface area is 224 Å². The van der Waals surface area contributed by atoms with Gasteiger partial charge in [0.1, 0.15) is 11.6 Å². The fourth-order valence-corrected chi connectivity index (χ4v) is 4.06. The number of anilines is 2. The number of halogens is 2.